The lowest BCUT2D eigenvalue weighted by Crippen LogP contribution is -2.46. The molecule has 0 aromatic rings. The number of morpholine rings is 1. The van der Waals surface area contributed by atoms with Crippen molar-refractivity contribution in [1.29, 1.82) is 0 Å². The average Bonchev–Trinajstić information content (AvgIpc) is 2.40. The molecule has 132 valence electrons. The summed E-state index contributed by atoms with van der Waals surface area (Å²) in [5.41, 5.74) is 2.08. The van der Waals surface area contributed by atoms with Crippen molar-refractivity contribution in [2.45, 2.75) is 52.0 Å². The van der Waals surface area contributed by atoms with Gasteiger partial charge in [-0.25, -0.2) is 5.43 Å². The van der Waals surface area contributed by atoms with Gasteiger partial charge in [-0.05, 0) is 20.8 Å². The third kappa shape index (κ3) is 7.56. The molecule has 6 nitrogen and oxygen atoms in total. The highest BCUT2D eigenvalue weighted by molar-refractivity contribution is 6.03. The van der Waals surface area contributed by atoms with E-state index in [1.54, 1.807) is 0 Å². The molecule has 0 spiro atoms. The van der Waals surface area contributed by atoms with Gasteiger partial charge in [-0.15, -0.1) is 0 Å². The zero-order chi connectivity index (χ0) is 17.6. The van der Waals surface area contributed by atoms with Crippen molar-refractivity contribution in [3.05, 3.63) is 0 Å². The Morgan fingerprint density at radius 2 is 1.83 bits per heavy atom. The van der Waals surface area contributed by atoms with Crippen molar-refractivity contribution in [3.63, 3.8) is 0 Å². The SMILES string of the molecule is C/C(CC(=O)C(F)(F)F)=N\NC(=O)CCN1CC(C)OC(C)C1. The first-order valence-corrected chi connectivity index (χ1v) is 7.37. The zero-order valence-electron chi connectivity index (χ0n) is 13.4. The maximum absolute atomic E-state index is 12.1. The number of hydrogen-bond acceptors (Lipinski definition) is 5. The number of halogens is 3. The van der Waals surface area contributed by atoms with Gasteiger partial charge in [-0.1, -0.05) is 0 Å². The lowest BCUT2D eigenvalue weighted by atomic mass is 10.2. The van der Waals surface area contributed by atoms with E-state index < -0.39 is 24.3 Å². The van der Waals surface area contributed by atoms with Crippen LogP contribution < -0.4 is 5.43 Å². The number of ether oxygens (including phenoxy) is 1. The van der Waals surface area contributed by atoms with Crippen molar-refractivity contribution < 1.29 is 27.5 Å². The van der Waals surface area contributed by atoms with Crippen LogP contribution >= 0.6 is 0 Å². The van der Waals surface area contributed by atoms with Crippen molar-refractivity contribution in [2.24, 2.45) is 5.10 Å². The maximum Gasteiger partial charge on any atom is 0.450 e. The number of hydrazone groups is 1. The van der Waals surface area contributed by atoms with Crippen LogP contribution in [0, 0.1) is 0 Å². The van der Waals surface area contributed by atoms with Gasteiger partial charge < -0.3 is 4.74 Å². The Morgan fingerprint density at radius 3 is 2.35 bits per heavy atom. The lowest BCUT2D eigenvalue weighted by molar-refractivity contribution is -0.169. The third-order valence-electron chi connectivity index (χ3n) is 3.25. The van der Waals surface area contributed by atoms with Gasteiger partial charge in [0.15, 0.2) is 0 Å². The van der Waals surface area contributed by atoms with Crippen LogP contribution in [0.2, 0.25) is 0 Å². The molecule has 0 radical (unpaired) electrons. The number of amides is 1. The van der Waals surface area contributed by atoms with Crippen molar-refractivity contribution in [3.8, 4) is 0 Å². The van der Waals surface area contributed by atoms with Crippen LogP contribution in [-0.4, -0.2) is 60.3 Å². The molecule has 1 rings (SSSR count). The number of hydrogen-bond donors (Lipinski definition) is 1. The van der Waals surface area contributed by atoms with Gasteiger partial charge in [-0.3, -0.25) is 14.5 Å². The molecule has 0 aromatic heterocycles. The molecule has 23 heavy (non-hydrogen) atoms. The smallest absolute Gasteiger partial charge is 0.373 e. The highest BCUT2D eigenvalue weighted by Gasteiger charge is 2.38. The minimum absolute atomic E-state index is 0.0886. The Morgan fingerprint density at radius 1 is 1.26 bits per heavy atom. The molecule has 0 aromatic carbocycles. The van der Waals surface area contributed by atoms with E-state index in [0.717, 1.165) is 13.1 Å². The molecule has 1 N–H and O–H groups in total. The summed E-state index contributed by atoms with van der Waals surface area (Å²) in [5.74, 6) is -2.29. The molecule has 2 atom stereocenters. The first kappa shape index (κ1) is 19.6. The average molecular weight is 337 g/mol. The Kier molecular flexibility index (Phi) is 7.14. The fourth-order valence-electron chi connectivity index (χ4n) is 2.31. The Hall–Kier alpha value is -1.48. The standard InChI is InChI=1S/C14H22F3N3O3/c1-9(6-12(21)14(15,16)17)18-19-13(22)4-5-20-7-10(2)23-11(3)8-20/h10-11H,4-8H2,1-3H3,(H,19,22)/b18-9+. The van der Waals surface area contributed by atoms with Crippen molar-refractivity contribution in [1.82, 2.24) is 10.3 Å². The fourth-order valence-corrected chi connectivity index (χ4v) is 2.31. The Balaban J connectivity index is 2.33. The second kappa shape index (κ2) is 8.39. The molecular weight excluding hydrogens is 315 g/mol. The van der Waals surface area contributed by atoms with E-state index in [9.17, 15) is 22.8 Å². The number of nitrogens with one attached hydrogen (secondary N) is 1. The third-order valence-corrected chi connectivity index (χ3v) is 3.25. The van der Waals surface area contributed by atoms with E-state index in [0.29, 0.717) is 6.54 Å². The van der Waals surface area contributed by atoms with Crippen molar-refractivity contribution >= 4 is 17.4 Å². The molecule has 0 saturated carbocycles. The quantitative estimate of drug-likeness (QED) is 0.589. The fraction of sp³-hybridized carbons (Fsp3) is 0.786. The Bertz CT molecular complexity index is 456. The first-order chi connectivity index (χ1) is 10.6. The maximum atomic E-state index is 12.1. The monoisotopic (exact) mass is 337 g/mol. The van der Waals surface area contributed by atoms with E-state index in [4.69, 9.17) is 4.74 Å². The van der Waals surface area contributed by atoms with E-state index in [-0.39, 0.29) is 24.3 Å². The number of alkyl halides is 3. The van der Waals surface area contributed by atoms with Gasteiger partial charge in [0.1, 0.15) is 0 Å². The molecule has 0 bridgehead atoms. The number of carbonyl (C=O) groups is 2. The summed E-state index contributed by atoms with van der Waals surface area (Å²) in [7, 11) is 0. The van der Waals surface area contributed by atoms with Gasteiger partial charge in [0.2, 0.25) is 11.7 Å². The first-order valence-electron chi connectivity index (χ1n) is 7.37. The predicted molar refractivity (Wildman–Crippen MR) is 78.0 cm³/mol. The van der Waals surface area contributed by atoms with E-state index >= 15 is 0 Å². The van der Waals surface area contributed by atoms with Crippen LogP contribution in [0.1, 0.15) is 33.6 Å². The highest BCUT2D eigenvalue weighted by Crippen LogP contribution is 2.17. The van der Waals surface area contributed by atoms with Crippen LogP contribution in [0.3, 0.4) is 0 Å². The molecule has 1 heterocycles. The van der Waals surface area contributed by atoms with E-state index in [1.807, 2.05) is 13.8 Å². The summed E-state index contributed by atoms with van der Waals surface area (Å²) in [6.07, 6.45) is -5.39. The summed E-state index contributed by atoms with van der Waals surface area (Å²) in [5, 5.41) is 3.52. The molecule has 1 aliphatic rings. The van der Waals surface area contributed by atoms with Gasteiger partial charge >= 0.3 is 6.18 Å². The molecule has 0 aliphatic carbocycles. The highest BCUT2D eigenvalue weighted by atomic mass is 19.4. The van der Waals surface area contributed by atoms with Crippen LogP contribution in [0.15, 0.2) is 5.10 Å². The second-order valence-electron chi connectivity index (χ2n) is 5.75. The summed E-state index contributed by atoms with van der Waals surface area (Å²) in [6, 6.07) is 0. The molecule has 1 aliphatic heterocycles. The molecular formula is C14H22F3N3O3. The Labute approximate surface area is 133 Å². The van der Waals surface area contributed by atoms with E-state index in [2.05, 4.69) is 15.4 Å². The lowest BCUT2D eigenvalue weighted by Gasteiger charge is -2.35. The molecule has 2 unspecified atom stereocenters. The topological polar surface area (TPSA) is 71.0 Å². The van der Waals surface area contributed by atoms with Gasteiger partial charge in [0.25, 0.3) is 0 Å². The van der Waals surface area contributed by atoms with Gasteiger partial charge in [0.05, 0.1) is 18.6 Å². The number of carbonyl (C=O) groups excluding carboxylic acids is 2. The predicted octanol–water partition coefficient (Wildman–Crippen LogP) is 1.50. The van der Waals surface area contributed by atoms with Crippen molar-refractivity contribution in [2.75, 3.05) is 19.6 Å². The number of nitrogens with zero attached hydrogens (tertiary/aromatic N) is 2. The summed E-state index contributed by atoms with van der Waals surface area (Å²) in [6.45, 7) is 7.12. The largest absolute Gasteiger partial charge is 0.450 e. The minimum atomic E-state index is -4.88. The summed E-state index contributed by atoms with van der Waals surface area (Å²) in [4.78, 5) is 24.5. The zero-order valence-corrected chi connectivity index (χ0v) is 13.4. The second-order valence-corrected chi connectivity index (χ2v) is 5.75. The molecule has 1 saturated heterocycles. The summed E-state index contributed by atoms with van der Waals surface area (Å²) < 4.78 is 41.9. The van der Waals surface area contributed by atoms with Crippen LogP contribution in [-0.2, 0) is 14.3 Å². The van der Waals surface area contributed by atoms with Gasteiger partial charge in [0, 0.05) is 31.8 Å². The number of rotatable bonds is 6. The molecule has 1 amide bonds. The van der Waals surface area contributed by atoms with Gasteiger partial charge in [-0.2, -0.15) is 18.3 Å². The molecule has 1 fully saturated rings. The van der Waals surface area contributed by atoms with E-state index in [1.165, 1.54) is 6.92 Å². The van der Waals surface area contributed by atoms with Crippen LogP contribution in [0.25, 0.3) is 0 Å². The molecule has 9 heteroatoms. The number of ketones is 1. The minimum Gasteiger partial charge on any atom is -0.373 e. The van der Waals surface area contributed by atoms with Crippen LogP contribution in [0.4, 0.5) is 13.2 Å². The summed E-state index contributed by atoms with van der Waals surface area (Å²) >= 11 is 0. The normalized spacial score (nSPS) is 23.7. The van der Waals surface area contributed by atoms with Crippen LogP contribution in [0.5, 0.6) is 0 Å². The number of Topliss-reactive ketones (excluding diaryl/α,β-unsaturated/α-hetero) is 1.